The molecule has 0 aliphatic rings. The fraction of sp³-hybridized carbons (Fsp3) is 0.375. The predicted molar refractivity (Wildman–Crippen MR) is 80.0 cm³/mol. The van der Waals surface area contributed by atoms with Gasteiger partial charge in [0, 0.05) is 19.4 Å². The van der Waals surface area contributed by atoms with Crippen LogP contribution >= 0.6 is 0 Å². The van der Waals surface area contributed by atoms with Crippen LogP contribution in [-0.2, 0) is 16.1 Å². The van der Waals surface area contributed by atoms with Gasteiger partial charge in [0.05, 0.1) is 0 Å². The summed E-state index contributed by atoms with van der Waals surface area (Å²) in [7, 11) is 0. The maximum absolute atomic E-state index is 12.3. The van der Waals surface area contributed by atoms with Crippen molar-refractivity contribution < 1.29 is 19.1 Å². The number of hydrogen-bond donors (Lipinski definition) is 0. The van der Waals surface area contributed by atoms with Crippen LogP contribution in [-0.4, -0.2) is 16.7 Å². The number of ketones is 1. The van der Waals surface area contributed by atoms with E-state index < -0.39 is 5.78 Å². The van der Waals surface area contributed by atoms with Gasteiger partial charge in [-0.1, -0.05) is 26.0 Å². The molecule has 6 heteroatoms. The first-order chi connectivity index (χ1) is 10.4. The Bertz CT molecular complexity index is 725. The zero-order valence-electron chi connectivity index (χ0n) is 12.8. The molecule has 116 valence electrons. The first kappa shape index (κ1) is 15.9. The van der Waals surface area contributed by atoms with Crippen LogP contribution < -0.4 is 4.73 Å². The number of hydrogen-bond acceptors (Lipinski definition) is 5. The summed E-state index contributed by atoms with van der Waals surface area (Å²) in [5.74, 6) is -0.617. The van der Waals surface area contributed by atoms with Crippen LogP contribution in [0, 0.1) is 11.1 Å². The van der Waals surface area contributed by atoms with Crippen LogP contribution in [0.15, 0.2) is 24.3 Å². The molecule has 6 nitrogen and oxygen atoms in total. The molecule has 2 aromatic rings. The average Bonchev–Trinajstić information content (AvgIpc) is 2.44. The van der Waals surface area contributed by atoms with Crippen LogP contribution in [0.3, 0.4) is 0 Å². The van der Waals surface area contributed by atoms with Gasteiger partial charge < -0.3 is 9.94 Å². The van der Waals surface area contributed by atoms with E-state index in [1.165, 1.54) is 6.92 Å². The molecular formula is C16H18N2O4. The second-order valence-corrected chi connectivity index (χ2v) is 5.51. The lowest BCUT2D eigenvalue weighted by Gasteiger charge is -2.11. The summed E-state index contributed by atoms with van der Waals surface area (Å²) in [4.78, 5) is 27.7. The minimum atomic E-state index is -0.414. The Morgan fingerprint density at radius 3 is 2.64 bits per heavy atom. The number of aromatic nitrogens is 2. The highest BCUT2D eigenvalue weighted by atomic mass is 16.5. The summed E-state index contributed by atoms with van der Waals surface area (Å²) in [6, 6.07) is 6.71. The monoisotopic (exact) mass is 302 g/mol. The largest absolute Gasteiger partial charge is 0.618 e. The fourth-order valence-corrected chi connectivity index (χ4v) is 2.15. The minimum absolute atomic E-state index is 0.0870. The topological polar surface area (TPSA) is 83.2 Å². The smallest absolute Gasteiger partial charge is 0.306 e. The van der Waals surface area contributed by atoms with Crippen molar-refractivity contribution in [2.75, 3.05) is 0 Å². The molecule has 0 amide bonds. The van der Waals surface area contributed by atoms with Crippen molar-refractivity contribution in [2.24, 2.45) is 5.92 Å². The molecule has 0 spiro atoms. The maximum Gasteiger partial charge on any atom is 0.306 e. The fourth-order valence-electron chi connectivity index (χ4n) is 2.15. The molecule has 0 unspecified atom stereocenters. The lowest BCUT2D eigenvalue weighted by Crippen LogP contribution is -2.37. The summed E-state index contributed by atoms with van der Waals surface area (Å²) in [5.41, 5.74) is 0.858. The highest BCUT2D eigenvalue weighted by Gasteiger charge is 2.24. The van der Waals surface area contributed by atoms with E-state index in [9.17, 15) is 14.8 Å². The van der Waals surface area contributed by atoms with E-state index in [4.69, 9.17) is 4.74 Å². The standard InChI is InChI=1S/C16H18N2O4/c1-10(2)8-15(20)22-9-13-16(11(3)19)18(21)14-7-5-4-6-12(14)17-13/h4-7,10H,8-9H2,1-3H3. The lowest BCUT2D eigenvalue weighted by atomic mass is 10.1. The second-order valence-electron chi connectivity index (χ2n) is 5.51. The SMILES string of the molecule is CC(=O)c1c(COC(=O)CC(C)C)nc2ccccc2[n+]1[O-]. The Morgan fingerprint density at radius 1 is 1.32 bits per heavy atom. The number of Topliss-reactive ketones (excluding diaryl/α,β-unsaturated/α-hetero) is 1. The molecule has 1 aromatic carbocycles. The molecular weight excluding hydrogens is 284 g/mol. The van der Waals surface area contributed by atoms with Crippen LogP contribution in [0.5, 0.6) is 0 Å². The maximum atomic E-state index is 12.3. The Hall–Kier alpha value is -2.50. The third-order valence-electron chi connectivity index (χ3n) is 3.11. The lowest BCUT2D eigenvalue weighted by molar-refractivity contribution is -0.580. The summed E-state index contributed by atoms with van der Waals surface area (Å²) in [6.45, 7) is 4.91. The van der Waals surface area contributed by atoms with Gasteiger partial charge in [-0.25, -0.2) is 4.98 Å². The molecule has 0 radical (unpaired) electrons. The van der Waals surface area contributed by atoms with E-state index in [1.807, 2.05) is 13.8 Å². The van der Waals surface area contributed by atoms with Crippen molar-refractivity contribution in [3.63, 3.8) is 0 Å². The van der Waals surface area contributed by atoms with Gasteiger partial charge in [-0.05, 0) is 12.0 Å². The number of ether oxygens (including phenoxy) is 1. The zero-order chi connectivity index (χ0) is 16.3. The Morgan fingerprint density at radius 2 is 2.00 bits per heavy atom. The third kappa shape index (κ3) is 3.39. The molecule has 0 N–H and O–H groups in total. The van der Waals surface area contributed by atoms with Gasteiger partial charge in [0.2, 0.25) is 11.3 Å². The quantitative estimate of drug-likeness (QED) is 0.366. The Kier molecular flexibility index (Phi) is 4.70. The van der Waals surface area contributed by atoms with E-state index in [1.54, 1.807) is 24.3 Å². The molecule has 0 bridgehead atoms. The molecule has 0 atom stereocenters. The first-order valence-electron chi connectivity index (χ1n) is 7.08. The van der Waals surface area contributed by atoms with Gasteiger partial charge in [-0.3, -0.25) is 9.59 Å². The number of nitrogens with zero attached hydrogens (tertiary/aromatic N) is 2. The molecule has 0 aliphatic heterocycles. The molecule has 0 aliphatic carbocycles. The second kappa shape index (κ2) is 6.51. The molecule has 2 rings (SSSR count). The van der Waals surface area contributed by atoms with Gasteiger partial charge in [0.15, 0.2) is 5.69 Å². The van der Waals surface area contributed by atoms with Crippen molar-refractivity contribution in [3.8, 4) is 0 Å². The molecule has 0 saturated carbocycles. The van der Waals surface area contributed by atoms with E-state index in [-0.39, 0.29) is 36.3 Å². The van der Waals surface area contributed by atoms with Crippen molar-refractivity contribution in [2.45, 2.75) is 33.8 Å². The van der Waals surface area contributed by atoms with Gasteiger partial charge >= 0.3 is 5.97 Å². The summed E-state index contributed by atoms with van der Waals surface area (Å²) in [5, 5.41) is 12.3. The average molecular weight is 302 g/mol. The summed E-state index contributed by atoms with van der Waals surface area (Å²) >= 11 is 0. The van der Waals surface area contributed by atoms with Crippen LogP contribution in [0.25, 0.3) is 11.0 Å². The summed E-state index contributed by atoms with van der Waals surface area (Å²) < 4.78 is 5.68. The number of rotatable bonds is 5. The van der Waals surface area contributed by atoms with Gasteiger partial charge in [-0.15, -0.1) is 0 Å². The molecule has 22 heavy (non-hydrogen) atoms. The molecule has 1 aromatic heterocycles. The third-order valence-corrected chi connectivity index (χ3v) is 3.11. The number of benzene rings is 1. The van der Waals surface area contributed by atoms with E-state index in [0.29, 0.717) is 15.8 Å². The number of esters is 1. The zero-order valence-corrected chi connectivity index (χ0v) is 12.8. The number of fused-ring (bicyclic) bond motifs is 1. The Labute approximate surface area is 128 Å². The van der Waals surface area contributed by atoms with Crippen molar-refractivity contribution in [1.82, 2.24) is 4.98 Å². The van der Waals surface area contributed by atoms with Crippen molar-refractivity contribution >= 4 is 22.8 Å². The van der Waals surface area contributed by atoms with Crippen LogP contribution in [0.4, 0.5) is 0 Å². The number of carbonyl (C=O) groups is 2. The predicted octanol–water partition coefficient (Wildman–Crippen LogP) is 2.16. The Balaban J connectivity index is 2.37. The van der Waals surface area contributed by atoms with Gasteiger partial charge in [0.1, 0.15) is 12.1 Å². The van der Waals surface area contributed by atoms with Crippen molar-refractivity contribution in [3.05, 3.63) is 40.9 Å². The number of carbonyl (C=O) groups excluding carboxylic acids is 2. The molecule has 1 heterocycles. The van der Waals surface area contributed by atoms with Crippen molar-refractivity contribution in [1.29, 1.82) is 0 Å². The van der Waals surface area contributed by atoms with E-state index >= 15 is 0 Å². The van der Waals surface area contributed by atoms with Gasteiger partial charge in [0.25, 0.3) is 5.69 Å². The highest BCUT2D eigenvalue weighted by Crippen LogP contribution is 2.13. The highest BCUT2D eigenvalue weighted by molar-refractivity contribution is 5.92. The normalized spacial score (nSPS) is 10.9. The summed E-state index contributed by atoms with van der Waals surface area (Å²) in [6.07, 6.45) is 0.278. The van der Waals surface area contributed by atoms with Crippen LogP contribution in [0.1, 0.15) is 43.4 Å². The minimum Gasteiger partial charge on any atom is -0.618 e. The molecule has 0 fully saturated rings. The number of para-hydroxylation sites is 2. The van der Waals surface area contributed by atoms with Crippen LogP contribution in [0.2, 0.25) is 0 Å². The molecule has 0 saturated heterocycles. The van der Waals surface area contributed by atoms with Gasteiger partial charge in [-0.2, -0.15) is 4.73 Å². The first-order valence-corrected chi connectivity index (χ1v) is 7.08. The van der Waals surface area contributed by atoms with E-state index in [2.05, 4.69) is 4.98 Å². The van der Waals surface area contributed by atoms with E-state index in [0.717, 1.165) is 0 Å².